The highest BCUT2D eigenvalue weighted by molar-refractivity contribution is 6.28. The number of nitrogens with one attached hydrogen (secondary N) is 3. The van der Waals surface area contributed by atoms with Gasteiger partial charge in [-0.15, -0.1) is 0 Å². The Balaban J connectivity index is 2.78. The maximum Gasteiger partial charge on any atom is 0.243 e. The Bertz CT molecular complexity index is 733. The zero-order valence-electron chi connectivity index (χ0n) is 17.2. The van der Waals surface area contributed by atoms with Crippen molar-refractivity contribution < 1.29 is 24.0 Å². The lowest BCUT2D eigenvalue weighted by atomic mass is 10.0. The highest BCUT2D eigenvalue weighted by Crippen LogP contribution is 2.06. The van der Waals surface area contributed by atoms with Gasteiger partial charge < -0.3 is 16.0 Å². The number of hydrogen-bond donors (Lipinski definition) is 3. The van der Waals surface area contributed by atoms with E-state index in [1.165, 1.54) is 13.8 Å². The minimum absolute atomic E-state index is 0.0871. The van der Waals surface area contributed by atoms with Gasteiger partial charge in [0.2, 0.25) is 23.5 Å². The smallest absolute Gasteiger partial charge is 0.243 e. The predicted molar refractivity (Wildman–Crippen MR) is 108 cm³/mol. The van der Waals surface area contributed by atoms with Gasteiger partial charge in [-0.1, -0.05) is 44.2 Å². The van der Waals surface area contributed by atoms with Crippen LogP contribution in [0.15, 0.2) is 30.3 Å². The van der Waals surface area contributed by atoms with Crippen LogP contribution in [0, 0.1) is 5.92 Å². The van der Waals surface area contributed by atoms with Crippen LogP contribution in [-0.2, 0) is 30.4 Å². The molecule has 0 aliphatic rings. The van der Waals surface area contributed by atoms with E-state index in [9.17, 15) is 24.0 Å². The average Bonchev–Trinajstić information content (AvgIpc) is 2.66. The topological polar surface area (TPSA) is 121 Å². The van der Waals surface area contributed by atoms with Crippen molar-refractivity contribution in [1.29, 1.82) is 0 Å². The maximum atomic E-state index is 12.6. The van der Waals surface area contributed by atoms with E-state index in [0.29, 0.717) is 6.42 Å². The third kappa shape index (κ3) is 8.68. The molecule has 3 atom stereocenters. The number of rotatable bonds is 11. The van der Waals surface area contributed by atoms with Gasteiger partial charge in [0.1, 0.15) is 12.1 Å². The summed E-state index contributed by atoms with van der Waals surface area (Å²) in [6.07, 6.45) is 0.760. The van der Waals surface area contributed by atoms with Gasteiger partial charge >= 0.3 is 0 Å². The molecule has 1 aromatic carbocycles. The Kier molecular flexibility index (Phi) is 9.71. The van der Waals surface area contributed by atoms with Gasteiger partial charge in [0.15, 0.2) is 6.29 Å². The fourth-order valence-electron chi connectivity index (χ4n) is 2.78. The molecule has 0 radical (unpaired) electrons. The third-order valence-corrected chi connectivity index (χ3v) is 4.21. The molecule has 0 fully saturated rings. The van der Waals surface area contributed by atoms with Crippen molar-refractivity contribution in [3.05, 3.63) is 35.9 Å². The minimum Gasteiger partial charge on any atom is -0.344 e. The normalized spacial score (nSPS) is 13.7. The van der Waals surface area contributed by atoms with E-state index in [0.717, 1.165) is 5.56 Å². The van der Waals surface area contributed by atoms with Crippen LogP contribution in [0.1, 0.15) is 39.7 Å². The summed E-state index contributed by atoms with van der Waals surface area (Å²) < 4.78 is 0. The Morgan fingerprint density at radius 2 is 1.52 bits per heavy atom. The molecule has 3 amide bonds. The summed E-state index contributed by atoms with van der Waals surface area (Å²) >= 11 is 0. The Labute approximate surface area is 170 Å². The zero-order chi connectivity index (χ0) is 22.0. The number of carbonyl (C=O) groups excluding carboxylic acids is 5. The molecule has 0 heterocycles. The number of amides is 3. The van der Waals surface area contributed by atoms with E-state index in [2.05, 4.69) is 16.0 Å². The van der Waals surface area contributed by atoms with Crippen molar-refractivity contribution in [1.82, 2.24) is 16.0 Å². The number of Topliss-reactive ketones (excluding diaryl/α,β-unsaturated/α-hetero) is 1. The van der Waals surface area contributed by atoms with Gasteiger partial charge in [-0.25, -0.2) is 0 Å². The molecule has 8 nitrogen and oxygen atoms in total. The van der Waals surface area contributed by atoms with Crippen LogP contribution in [0.4, 0.5) is 0 Å². The molecule has 0 aromatic heterocycles. The molecule has 0 aliphatic carbocycles. The van der Waals surface area contributed by atoms with Gasteiger partial charge in [-0.2, -0.15) is 0 Å². The molecule has 0 saturated carbocycles. The van der Waals surface area contributed by atoms with Crippen molar-refractivity contribution in [2.24, 2.45) is 5.92 Å². The Morgan fingerprint density at radius 1 is 0.897 bits per heavy atom. The number of benzene rings is 1. The van der Waals surface area contributed by atoms with Gasteiger partial charge in [0, 0.05) is 13.3 Å². The number of carbonyl (C=O) groups is 5. The summed E-state index contributed by atoms with van der Waals surface area (Å²) in [5.74, 6) is -2.10. The molecule has 3 N–H and O–H groups in total. The van der Waals surface area contributed by atoms with Gasteiger partial charge in [0.25, 0.3) is 0 Å². The maximum absolute atomic E-state index is 12.6. The summed E-state index contributed by atoms with van der Waals surface area (Å²) in [5, 5.41) is 7.65. The van der Waals surface area contributed by atoms with Crippen molar-refractivity contribution in [3.8, 4) is 0 Å². The van der Waals surface area contributed by atoms with Gasteiger partial charge in [0.05, 0.1) is 6.04 Å². The lowest BCUT2D eigenvalue weighted by Crippen LogP contribution is -2.55. The van der Waals surface area contributed by atoms with E-state index in [1.54, 1.807) is 0 Å². The molecule has 1 aromatic rings. The molecule has 0 unspecified atom stereocenters. The standard InChI is InChI=1S/C21H29N3O5/c1-13(2)10-17(19(27)12-25)24-20(28)14(3)22-21(29)18(23-15(4)26)11-16-8-6-5-7-9-16/h5-9,12-14,17-18H,10-11H2,1-4H3,(H,22,29)(H,23,26)(H,24,28)/t14-,17-,18-/m0/s1. The first-order chi connectivity index (χ1) is 13.6. The highest BCUT2D eigenvalue weighted by Gasteiger charge is 2.27. The first-order valence-electron chi connectivity index (χ1n) is 9.54. The van der Waals surface area contributed by atoms with E-state index in [4.69, 9.17) is 0 Å². The van der Waals surface area contributed by atoms with Gasteiger partial charge in [-0.3, -0.25) is 24.0 Å². The zero-order valence-corrected chi connectivity index (χ0v) is 17.2. The average molecular weight is 403 g/mol. The molecule has 0 bridgehead atoms. The van der Waals surface area contributed by atoms with Crippen molar-refractivity contribution in [2.75, 3.05) is 0 Å². The summed E-state index contributed by atoms with van der Waals surface area (Å²) in [5.41, 5.74) is 0.854. The lowest BCUT2D eigenvalue weighted by molar-refractivity contribution is -0.135. The second-order valence-electron chi connectivity index (χ2n) is 7.38. The predicted octanol–water partition coefficient (Wildman–Crippen LogP) is 0.537. The van der Waals surface area contributed by atoms with Crippen LogP contribution >= 0.6 is 0 Å². The van der Waals surface area contributed by atoms with Crippen LogP contribution in [0.5, 0.6) is 0 Å². The van der Waals surface area contributed by atoms with Crippen LogP contribution in [0.2, 0.25) is 0 Å². The number of hydrogen-bond acceptors (Lipinski definition) is 5. The third-order valence-electron chi connectivity index (χ3n) is 4.21. The molecule has 158 valence electrons. The molecule has 0 aliphatic heterocycles. The SMILES string of the molecule is CC(=O)N[C@@H](Cc1ccccc1)C(=O)N[C@@H](C)C(=O)N[C@@H](CC(C)C)C(=O)C=O. The van der Waals surface area contributed by atoms with E-state index in [-0.39, 0.29) is 24.5 Å². The van der Waals surface area contributed by atoms with Crippen molar-refractivity contribution >= 4 is 29.8 Å². The Hall–Kier alpha value is -3.03. The highest BCUT2D eigenvalue weighted by atomic mass is 16.2. The van der Waals surface area contributed by atoms with Crippen LogP contribution in [0.3, 0.4) is 0 Å². The molecule has 0 spiro atoms. The second-order valence-corrected chi connectivity index (χ2v) is 7.38. The Morgan fingerprint density at radius 3 is 2.03 bits per heavy atom. The van der Waals surface area contributed by atoms with Crippen molar-refractivity contribution in [3.63, 3.8) is 0 Å². The molecule has 1 rings (SSSR count). The van der Waals surface area contributed by atoms with Crippen LogP contribution in [0.25, 0.3) is 0 Å². The molecule has 0 saturated heterocycles. The van der Waals surface area contributed by atoms with E-state index in [1.807, 2.05) is 44.2 Å². The number of aldehydes is 1. The molecular formula is C21H29N3O5. The van der Waals surface area contributed by atoms with Crippen molar-refractivity contribution in [2.45, 2.75) is 58.7 Å². The molecule has 29 heavy (non-hydrogen) atoms. The summed E-state index contributed by atoms with van der Waals surface area (Å²) in [6, 6.07) is 6.42. The quantitative estimate of drug-likeness (QED) is 0.368. The van der Waals surface area contributed by atoms with E-state index < -0.39 is 35.7 Å². The monoisotopic (exact) mass is 403 g/mol. The largest absolute Gasteiger partial charge is 0.344 e. The molecule has 8 heteroatoms. The summed E-state index contributed by atoms with van der Waals surface area (Å²) in [6.45, 7) is 6.51. The fourth-order valence-corrected chi connectivity index (χ4v) is 2.78. The summed E-state index contributed by atoms with van der Waals surface area (Å²) in [7, 11) is 0. The van der Waals surface area contributed by atoms with Crippen LogP contribution in [-0.4, -0.2) is 47.9 Å². The van der Waals surface area contributed by atoms with E-state index >= 15 is 0 Å². The first-order valence-corrected chi connectivity index (χ1v) is 9.54. The van der Waals surface area contributed by atoms with Crippen LogP contribution < -0.4 is 16.0 Å². The fraction of sp³-hybridized carbons (Fsp3) is 0.476. The number of ketones is 1. The lowest BCUT2D eigenvalue weighted by Gasteiger charge is -2.23. The second kappa shape index (κ2) is 11.7. The molecular weight excluding hydrogens is 374 g/mol. The first kappa shape index (κ1) is 24.0. The summed E-state index contributed by atoms with van der Waals surface area (Å²) in [4.78, 5) is 59.1. The van der Waals surface area contributed by atoms with Gasteiger partial charge in [-0.05, 0) is 24.8 Å². The minimum atomic E-state index is -0.955.